The van der Waals surface area contributed by atoms with E-state index < -0.39 is 11.4 Å². The molecule has 1 nitrogen and oxygen atoms in total. The number of rotatable bonds is 2. The van der Waals surface area contributed by atoms with Gasteiger partial charge in [-0.05, 0) is 36.0 Å². The first-order chi connectivity index (χ1) is 8.34. The summed E-state index contributed by atoms with van der Waals surface area (Å²) >= 11 is 5.68. The summed E-state index contributed by atoms with van der Waals surface area (Å²) < 4.78 is 13.4. The van der Waals surface area contributed by atoms with Gasteiger partial charge in [0, 0.05) is 6.42 Å². The first-order valence-electron chi connectivity index (χ1n) is 6.50. The molecule has 0 heterocycles. The van der Waals surface area contributed by atoms with Crippen molar-refractivity contribution in [2.75, 3.05) is 0 Å². The molecule has 1 aromatic rings. The van der Waals surface area contributed by atoms with Crippen molar-refractivity contribution in [3.05, 3.63) is 34.6 Å². The van der Waals surface area contributed by atoms with Crippen molar-refractivity contribution in [2.24, 2.45) is 5.41 Å². The first kappa shape index (κ1) is 13.8. The van der Waals surface area contributed by atoms with Crippen LogP contribution in [0.25, 0.3) is 0 Å². The Hall–Kier alpha value is -0.600. The lowest BCUT2D eigenvalue weighted by Crippen LogP contribution is -2.48. The summed E-state index contributed by atoms with van der Waals surface area (Å²) in [6, 6.07) is 4.80. The Balaban J connectivity index is 2.23. The first-order valence-corrected chi connectivity index (χ1v) is 6.88. The van der Waals surface area contributed by atoms with Gasteiger partial charge < -0.3 is 5.11 Å². The van der Waals surface area contributed by atoms with E-state index in [1.165, 1.54) is 6.07 Å². The third-order valence-corrected chi connectivity index (χ3v) is 4.69. The molecular weight excluding hydrogens is 251 g/mol. The predicted octanol–water partition coefficient (Wildman–Crippen LogP) is 4.35. The summed E-state index contributed by atoms with van der Waals surface area (Å²) in [6.45, 7) is 4.19. The smallest absolute Gasteiger partial charge is 0.142 e. The van der Waals surface area contributed by atoms with Gasteiger partial charge in [0.25, 0.3) is 0 Å². The molecule has 1 fully saturated rings. The minimum Gasteiger partial charge on any atom is -0.389 e. The van der Waals surface area contributed by atoms with Crippen LogP contribution < -0.4 is 0 Å². The molecule has 1 atom stereocenters. The lowest BCUT2D eigenvalue weighted by atomic mass is 9.63. The highest BCUT2D eigenvalue weighted by Crippen LogP contribution is 2.45. The normalized spacial score (nSPS) is 27.2. The molecule has 1 saturated carbocycles. The van der Waals surface area contributed by atoms with E-state index >= 15 is 0 Å². The fraction of sp³-hybridized carbons (Fsp3) is 0.600. The topological polar surface area (TPSA) is 20.2 Å². The van der Waals surface area contributed by atoms with Gasteiger partial charge in [-0.1, -0.05) is 44.4 Å². The van der Waals surface area contributed by atoms with Crippen LogP contribution in [0.1, 0.15) is 45.1 Å². The molecule has 0 amide bonds. The van der Waals surface area contributed by atoms with Crippen molar-refractivity contribution < 1.29 is 9.50 Å². The molecule has 0 aromatic heterocycles. The van der Waals surface area contributed by atoms with Crippen LogP contribution in [0.15, 0.2) is 18.2 Å². The molecule has 1 aliphatic carbocycles. The van der Waals surface area contributed by atoms with Gasteiger partial charge in [0.15, 0.2) is 0 Å². The third kappa shape index (κ3) is 2.55. The second-order valence-corrected chi connectivity index (χ2v) is 6.46. The van der Waals surface area contributed by atoms with E-state index in [9.17, 15) is 9.50 Å². The zero-order chi connectivity index (χ0) is 13.4. The lowest BCUT2D eigenvalue weighted by molar-refractivity contribution is -0.0958. The predicted molar refractivity (Wildman–Crippen MR) is 72.3 cm³/mol. The van der Waals surface area contributed by atoms with Gasteiger partial charge in [0.1, 0.15) is 5.82 Å². The molecule has 1 N–H and O–H groups in total. The summed E-state index contributed by atoms with van der Waals surface area (Å²) in [5, 5.41) is 11.0. The number of hydrogen-bond donors (Lipinski definition) is 1. The van der Waals surface area contributed by atoms with Gasteiger partial charge in [-0.2, -0.15) is 0 Å². The molecule has 0 bridgehead atoms. The number of benzene rings is 1. The van der Waals surface area contributed by atoms with Crippen LogP contribution >= 0.6 is 11.6 Å². The molecule has 0 spiro atoms. The highest BCUT2D eigenvalue weighted by atomic mass is 35.5. The van der Waals surface area contributed by atoms with E-state index in [-0.39, 0.29) is 10.4 Å². The summed E-state index contributed by atoms with van der Waals surface area (Å²) in [4.78, 5) is 0. The second-order valence-electron chi connectivity index (χ2n) is 6.05. The molecule has 3 heteroatoms. The second kappa shape index (κ2) is 4.82. The zero-order valence-electron chi connectivity index (χ0n) is 11.0. The van der Waals surface area contributed by atoms with Crippen LogP contribution in [0.2, 0.25) is 5.02 Å². The zero-order valence-corrected chi connectivity index (χ0v) is 11.7. The van der Waals surface area contributed by atoms with Gasteiger partial charge in [-0.15, -0.1) is 0 Å². The highest BCUT2D eigenvalue weighted by molar-refractivity contribution is 6.30. The number of aliphatic hydroxyl groups is 1. The molecular formula is C15H20ClFO. The Bertz CT molecular complexity index is 444. The highest BCUT2D eigenvalue weighted by Gasteiger charge is 2.44. The van der Waals surface area contributed by atoms with Crippen LogP contribution in [-0.2, 0) is 6.42 Å². The molecule has 1 aliphatic rings. The van der Waals surface area contributed by atoms with Crippen molar-refractivity contribution in [2.45, 2.75) is 51.6 Å². The fourth-order valence-corrected chi connectivity index (χ4v) is 2.99. The van der Waals surface area contributed by atoms with E-state index in [0.29, 0.717) is 6.42 Å². The van der Waals surface area contributed by atoms with Crippen molar-refractivity contribution in [3.8, 4) is 0 Å². The molecule has 2 rings (SSSR count). The maximum Gasteiger partial charge on any atom is 0.142 e. The minimum absolute atomic E-state index is 0.124. The summed E-state index contributed by atoms with van der Waals surface area (Å²) in [5.41, 5.74) is -0.0539. The van der Waals surface area contributed by atoms with E-state index in [1.54, 1.807) is 12.1 Å². The van der Waals surface area contributed by atoms with Crippen molar-refractivity contribution >= 4 is 11.6 Å². The lowest BCUT2D eigenvalue weighted by Gasteiger charge is -2.46. The maximum atomic E-state index is 13.4. The standard InChI is InChI=1S/C15H20ClFO/c1-14(2)7-3-4-8-15(14,18)10-11-5-6-12(16)13(17)9-11/h5-6,9,18H,3-4,7-8,10H2,1-2H3. The number of hydrogen-bond acceptors (Lipinski definition) is 1. The molecule has 0 radical (unpaired) electrons. The van der Waals surface area contributed by atoms with Gasteiger partial charge in [-0.25, -0.2) is 4.39 Å². The van der Waals surface area contributed by atoms with E-state index in [4.69, 9.17) is 11.6 Å². The van der Waals surface area contributed by atoms with Crippen LogP contribution in [-0.4, -0.2) is 10.7 Å². The Kier molecular flexibility index (Phi) is 3.70. The average Bonchev–Trinajstić information content (AvgIpc) is 2.28. The largest absolute Gasteiger partial charge is 0.389 e. The molecule has 0 aliphatic heterocycles. The number of halogens is 2. The molecule has 18 heavy (non-hydrogen) atoms. The Morgan fingerprint density at radius 3 is 2.56 bits per heavy atom. The maximum absolute atomic E-state index is 13.4. The summed E-state index contributed by atoms with van der Waals surface area (Å²) in [6.07, 6.45) is 4.48. The molecule has 1 aromatic carbocycles. The van der Waals surface area contributed by atoms with Gasteiger partial charge >= 0.3 is 0 Å². The van der Waals surface area contributed by atoms with Gasteiger partial charge in [0.2, 0.25) is 0 Å². The van der Waals surface area contributed by atoms with Crippen LogP contribution in [0.4, 0.5) is 4.39 Å². The molecule has 1 unspecified atom stereocenters. The molecule has 100 valence electrons. The van der Waals surface area contributed by atoms with Crippen molar-refractivity contribution in [1.82, 2.24) is 0 Å². The monoisotopic (exact) mass is 270 g/mol. The third-order valence-electron chi connectivity index (χ3n) is 4.38. The Labute approximate surface area is 113 Å². The van der Waals surface area contributed by atoms with Gasteiger partial charge in [0.05, 0.1) is 10.6 Å². The average molecular weight is 271 g/mol. The quantitative estimate of drug-likeness (QED) is 0.847. The minimum atomic E-state index is -0.745. The SMILES string of the molecule is CC1(C)CCCCC1(O)Cc1ccc(Cl)c(F)c1. The van der Waals surface area contributed by atoms with Crippen molar-refractivity contribution in [3.63, 3.8) is 0 Å². The molecule has 0 saturated heterocycles. The van der Waals surface area contributed by atoms with Crippen LogP contribution in [0, 0.1) is 11.2 Å². The van der Waals surface area contributed by atoms with Crippen LogP contribution in [0.5, 0.6) is 0 Å². The van der Waals surface area contributed by atoms with Crippen molar-refractivity contribution in [1.29, 1.82) is 0 Å². The van der Waals surface area contributed by atoms with E-state index in [0.717, 1.165) is 31.2 Å². The summed E-state index contributed by atoms with van der Waals surface area (Å²) in [5.74, 6) is -0.411. The van der Waals surface area contributed by atoms with Crippen LogP contribution in [0.3, 0.4) is 0 Å². The summed E-state index contributed by atoms with van der Waals surface area (Å²) in [7, 11) is 0. The van der Waals surface area contributed by atoms with E-state index in [2.05, 4.69) is 13.8 Å². The fourth-order valence-electron chi connectivity index (χ4n) is 2.87. The van der Waals surface area contributed by atoms with E-state index in [1.807, 2.05) is 0 Å². The Morgan fingerprint density at radius 1 is 1.28 bits per heavy atom. The Morgan fingerprint density at radius 2 is 1.94 bits per heavy atom. The van der Waals surface area contributed by atoms with Gasteiger partial charge in [-0.3, -0.25) is 0 Å².